The molecular formula is C12H25N. The summed E-state index contributed by atoms with van der Waals surface area (Å²) in [6, 6.07) is 0.697. The highest BCUT2D eigenvalue weighted by molar-refractivity contribution is 4.89. The van der Waals surface area contributed by atoms with Crippen molar-refractivity contribution in [1.82, 2.24) is 5.32 Å². The van der Waals surface area contributed by atoms with Gasteiger partial charge in [0.2, 0.25) is 0 Å². The second-order valence-electron chi connectivity index (χ2n) is 3.98. The molecule has 0 saturated carbocycles. The summed E-state index contributed by atoms with van der Waals surface area (Å²) in [5.74, 6) is 0. The molecule has 78 valence electrons. The lowest BCUT2D eigenvalue weighted by Crippen LogP contribution is -2.24. The van der Waals surface area contributed by atoms with Crippen LogP contribution in [-0.2, 0) is 0 Å². The second-order valence-corrected chi connectivity index (χ2v) is 3.98. The minimum Gasteiger partial charge on any atom is -0.317 e. The Morgan fingerprint density at radius 3 is 2.46 bits per heavy atom. The van der Waals surface area contributed by atoms with Crippen molar-refractivity contribution in [3.05, 3.63) is 12.2 Å². The predicted octanol–water partition coefficient (Wildman–Crippen LogP) is 3.51. The number of hydrogen-bond donors (Lipinski definition) is 1. The number of nitrogens with one attached hydrogen (secondary N) is 1. The van der Waals surface area contributed by atoms with Gasteiger partial charge in [0, 0.05) is 6.04 Å². The highest BCUT2D eigenvalue weighted by Crippen LogP contribution is 2.10. The Morgan fingerprint density at radius 2 is 2.00 bits per heavy atom. The topological polar surface area (TPSA) is 12.0 Å². The van der Waals surface area contributed by atoms with Crippen molar-refractivity contribution < 1.29 is 0 Å². The van der Waals surface area contributed by atoms with Crippen LogP contribution in [-0.4, -0.2) is 13.1 Å². The van der Waals surface area contributed by atoms with Crippen molar-refractivity contribution in [3.63, 3.8) is 0 Å². The zero-order valence-corrected chi connectivity index (χ0v) is 9.53. The molecule has 0 bridgehead atoms. The number of hydrogen-bond acceptors (Lipinski definition) is 1. The molecular weight excluding hydrogens is 158 g/mol. The van der Waals surface area contributed by atoms with Crippen LogP contribution in [0.2, 0.25) is 0 Å². The summed E-state index contributed by atoms with van der Waals surface area (Å²) in [6.07, 6.45) is 7.77. The lowest BCUT2D eigenvalue weighted by Gasteiger charge is -2.15. The van der Waals surface area contributed by atoms with Gasteiger partial charge in [0.25, 0.3) is 0 Å². The Morgan fingerprint density at radius 1 is 1.31 bits per heavy atom. The Bertz CT molecular complexity index is 129. The van der Waals surface area contributed by atoms with Crippen LogP contribution >= 0.6 is 0 Å². The molecule has 0 aromatic carbocycles. The molecule has 1 unspecified atom stereocenters. The average Bonchev–Trinajstić information content (AvgIpc) is 2.10. The first-order valence-electron chi connectivity index (χ1n) is 5.52. The number of allylic oxidation sites excluding steroid dienone is 1. The summed E-state index contributed by atoms with van der Waals surface area (Å²) >= 11 is 0. The molecule has 1 N–H and O–H groups in total. The van der Waals surface area contributed by atoms with E-state index in [1.54, 1.807) is 0 Å². The monoisotopic (exact) mass is 183 g/mol. The Kier molecular flexibility index (Phi) is 8.11. The van der Waals surface area contributed by atoms with Crippen molar-refractivity contribution in [3.8, 4) is 0 Å². The molecule has 0 rings (SSSR count). The van der Waals surface area contributed by atoms with Gasteiger partial charge in [0.1, 0.15) is 0 Å². The zero-order chi connectivity index (χ0) is 10.1. The molecule has 0 spiro atoms. The van der Waals surface area contributed by atoms with Gasteiger partial charge in [0.15, 0.2) is 0 Å². The van der Waals surface area contributed by atoms with Crippen LogP contribution in [0, 0.1) is 0 Å². The van der Waals surface area contributed by atoms with Crippen molar-refractivity contribution in [1.29, 1.82) is 0 Å². The third-order valence-electron chi connectivity index (χ3n) is 2.48. The predicted molar refractivity (Wildman–Crippen MR) is 61.0 cm³/mol. The first-order valence-corrected chi connectivity index (χ1v) is 5.52. The van der Waals surface area contributed by atoms with Crippen LogP contribution in [0.5, 0.6) is 0 Å². The quantitative estimate of drug-likeness (QED) is 0.448. The van der Waals surface area contributed by atoms with Crippen LogP contribution in [0.1, 0.15) is 52.4 Å². The fraction of sp³-hybridized carbons (Fsp3) is 0.833. The molecule has 0 aliphatic rings. The van der Waals surface area contributed by atoms with Gasteiger partial charge in [-0.25, -0.2) is 0 Å². The van der Waals surface area contributed by atoms with E-state index < -0.39 is 0 Å². The number of rotatable bonds is 8. The minimum atomic E-state index is 0.697. The molecule has 0 heterocycles. The summed E-state index contributed by atoms with van der Waals surface area (Å²) < 4.78 is 0. The van der Waals surface area contributed by atoms with E-state index in [1.165, 1.54) is 37.7 Å². The second kappa shape index (κ2) is 8.31. The molecule has 1 heteroatoms. The summed E-state index contributed by atoms with van der Waals surface area (Å²) in [6.45, 7) is 8.29. The normalized spacial score (nSPS) is 12.8. The lowest BCUT2D eigenvalue weighted by molar-refractivity contribution is 0.464. The standard InChI is InChI=1S/C12H25N/c1-5-6-7-8-12(13-4)10-9-11(2)3/h12-13H,2,5-10H2,1,3-4H3. The van der Waals surface area contributed by atoms with E-state index in [4.69, 9.17) is 0 Å². The van der Waals surface area contributed by atoms with Gasteiger partial charge in [-0.15, -0.1) is 6.58 Å². The van der Waals surface area contributed by atoms with Crippen molar-refractivity contribution in [2.75, 3.05) is 7.05 Å². The SMILES string of the molecule is C=C(C)CCC(CCCCC)NC. The Balaban J connectivity index is 3.45. The van der Waals surface area contributed by atoms with Gasteiger partial charge >= 0.3 is 0 Å². The van der Waals surface area contributed by atoms with E-state index in [9.17, 15) is 0 Å². The molecule has 1 atom stereocenters. The first-order chi connectivity index (χ1) is 6.20. The molecule has 0 aliphatic carbocycles. The maximum atomic E-state index is 3.93. The van der Waals surface area contributed by atoms with E-state index in [0.717, 1.165) is 6.42 Å². The highest BCUT2D eigenvalue weighted by atomic mass is 14.9. The molecule has 0 aliphatic heterocycles. The van der Waals surface area contributed by atoms with E-state index in [1.807, 2.05) is 0 Å². The third-order valence-corrected chi connectivity index (χ3v) is 2.48. The summed E-state index contributed by atoms with van der Waals surface area (Å²) in [5.41, 5.74) is 1.30. The smallest absolute Gasteiger partial charge is 0.00671 e. The molecule has 0 fully saturated rings. The minimum absolute atomic E-state index is 0.697. The lowest BCUT2D eigenvalue weighted by atomic mass is 10.0. The molecule has 1 nitrogen and oxygen atoms in total. The van der Waals surface area contributed by atoms with Gasteiger partial charge in [0.05, 0.1) is 0 Å². The van der Waals surface area contributed by atoms with Gasteiger partial charge in [-0.2, -0.15) is 0 Å². The molecule has 0 radical (unpaired) electrons. The highest BCUT2D eigenvalue weighted by Gasteiger charge is 2.04. The first kappa shape index (κ1) is 12.7. The van der Waals surface area contributed by atoms with Crippen molar-refractivity contribution >= 4 is 0 Å². The van der Waals surface area contributed by atoms with Gasteiger partial charge in [-0.3, -0.25) is 0 Å². The maximum absolute atomic E-state index is 3.93. The van der Waals surface area contributed by atoms with E-state index in [0.29, 0.717) is 6.04 Å². The fourth-order valence-corrected chi connectivity index (χ4v) is 1.49. The number of unbranched alkanes of at least 4 members (excludes halogenated alkanes) is 2. The van der Waals surface area contributed by atoms with E-state index in [-0.39, 0.29) is 0 Å². The van der Waals surface area contributed by atoms with Crippen LogP contribution < -0.4 is 5.32 Å². The summed E-state index contributed by atoms with van der Waals surface area (Å²) in [4.78, 5) is 0. The molecule has 0 aromatic heterocycles. The fourth-order valence-electron chi connectivity index (χ4n) is 1.49. The third kappa shape index (κ3) is 8.04. The van der Waals surface area contributed by atoms with E-state index >= 15 is 0 Å². The van der Waals surface area contributed by atoms with E-state index in [2.05, 4.69) is 32.8 Å². The van der Waals surface area contributed by atoms with Crippen molar-refractivity contribution in [2.24, 2.45) is 0 Å². The molecule has 0 amide bonds. The summed E-state index contributed by atoms with van der Waals surface area (Å²) in [5, 5.41) is 3.38. The molecule has 13 heavy (non-hydrogen) atoms. The van der Waals surface area contributed by atoms with Gasteiger partial charge < -0.3 is 5.32 Å². The zero-order valence-electron chi connectivity index (χ0n) is 9.53. The summed E-state index contributed by atoms with van der Waals surface area (Å²) in [7, 11) is 2.06. The van der Waals surface area contributed by atoms with Gasteiger partial charge in [-0.05, 0) is 33.2 Å². The largest absolute Gasteiger partial charge is 0.317 e. The van der Waals surface area contributed by atoms with Crippen LogP contribution in [0.3, 0.4) is 0 Å². The van der Waals surface area contributed by atoms with Crippen molar-refractivity contribution in [2.45, 2.75) is 58.4 Å². The Labute approximate surface area is 83.6 Å². The molecule has 0 saturated heterocycles. The van der Waals surface area contributed by atoms with Crippen LogP contribution in [0.25, 0.3) is 0 Å². The molecule has 0 aromatic rings. The maximum Gasteiger partial charge on any atom is 0.00671 e. The average molecular weight is 183 g/mol. The van der Waals surface area contributed by atoms with Gasteiger partial charge in [-0.1, -0.05) is 31.8 Å². The van der Waals surface area contributed by atoms with Crippen LogP contribution in [0.15, 0.2) is 12.2 Å². The Hall–Kier alpha value is -0.300. The van der Waals surface area contributed by atoms with Crippen LogP contribution in [0.4, 0.5) is 0 Å².